The molecule has 29 heavy (non-hydrogen) atoms. The number of nitrogens with zero attached hydrogens (tertiary/aromatic N) is 6. The highest BCUT2D eigenvalue weighted by Crippen LogP contribution is 2.25. The minimum Gasteiger partial charge on any atom is -0.338 e. The molecule has 8 heteroatoms. The molecule has 0 aliphatic carbocycles. The van der Waals surface area contributed by atoms with Crippen molar-refractivity contribution in [2.24, 2.45) is 0 Å². The number of benzene rings is 1. The molecular weight excluding hydrogens is 368 g/mol. The zero-order valence-corrected chi connectivity index (χ0v) is 17.1. The fourth-order valence-electron chi connectivity index (χ4n) is 3.85. The molecule has 1 amide bonds. The third kappa shape index (κ3) is 4.21. The van der Waals surface area contributed by atoms with Gasteiger partial charge in [0.15, 0.2) is 11.5 Å². The number of piperidine rings is 1. The number of hydrogen-bond donors (Lipinski definition) is 0. The molecule has 152 valence electrons. The molecule has 3 heterocycles. The first kappa shape index (κ1) is 19.3. The van der Waals surface area contributed by atoms with Crippen molar-refractivity contribution in [1.82, 2.24) is 30.0 Å². The van der Waals surface area contributed by atoms with Crippen LogP contribution in [0, 0.1) is 13.8 Å². The van der Waals surface area contributed by atoms with Crippen molar-refractivity contribution in [3.05, 3.63) is 46.9 Å². The highest BCUT2D eigenvalue weighted by atomic mass is 16.5. The summed E-state index contributed by atoms with van der Waals surface area (Å²) in [6, 6.07) is 6.21. The Labute approximate surface area is 169 Å². The predicted octanol–water partition coefficient (Wildman–Crippen LogP) is 3.37. The van der Waals surface area contributed by atoms with Crippen LogP contribution in [0.4, 0.5) is 0 Å². The maximum atomic E-state index is 12.9. The third-order valence-corrected chi connectivity index (χ3v) is 5.27. The van der Waals surface area contributed by atoms with Crippen molar-refractivity contribution in [3.8, 4) is 11.6 Å². The highest BCUT2D eigenvalue weighted by Gasteiger charge is 2.26. The minimum atomic E-state index is 0.101. The van der Waals surface area contributed by atoms with Crippen LogP contribution in [0.1, 0.15) is 59.5 Å². The molecule has 4 rings (SSSR count). The Morgan fingerprint density at radius 1 is 1.17 bits per heavy atom. The first-order chi connectivity index (χ1) is 14.0. The number of aryl methyl sites for hydroxylation is 3. The van der Waals surface area contributed by atoms with Gasteiger partial charge in [-0.05, 0) is 45.2 Å². The summed E-state index contributed by atoms with van der Waals surface area (Å²) in [7, 11) is 0. The number of likely N-dealkylation sites (tertiary alicyclic amines) is 1. The monoisotopic (exact) mass is 394 g/mol. The molecule has 1 aliphatic rings. The Hall–Kier alpha value is -3.03. The van der Waals surface area contributed by atoms with Gasteiger partial charge < -0.3 is 9.42 Å². The number of hydrogen-bond acceptors (Lipinski definition) is 6. The lowest BCUT2D eigenvalue weighted by atomic mass is 10.0. The average Bonchev–Trinajstić information content (AvgIpc) is 3.37. The van der Waals surface area contributed by atoms with Gasteiger partial charge in [-0.25, -0.2) is 4.68 Å². The van der Waals surface area contributed by atoms with Crippen molar-refractivity contribution < 1.29 is 9.32 Å². The van der Waals surface area contributed by atoms with E-state index in [-0.39, 0.29) is 11.9 Å². The van der Waals surface area contributed by atoms with Crippen LogP contribution in [0.25, 0.3) is 11.6 Å². The highest BCUT2D eigenvalue weighted by molar-refractivity contribution is 5.94. The van der Waals surface area contributed by atoms with Crippen LogP contribution in [-0.4, -0.2) is 49.0 Å². The minimum absolute atomic E-state index is 0.101. The largest absolute Gasteiger partial charge is 0.338 e. The van der Waals surface area contributed by atoms with Gasteiger partial charge >= 0.3 is 0 Å². The number of amides is 1. The molecule has 3 aromatic rings. The molecule has 0 spiro atoms. The van der Waals surface area contributed by atoms with Crippen LogP contribution in [0.15, 0.2) is 28.9 Å². The molecule has 0 saturated carbocycles. The molecule has 0 bridgehead atoms. The lowest BCUT2D eigenvalue weighted by Gasteiger charge is -2.32. The lowest BCUT2D eigenvalue weighted by molar-refractivity contribution is 0.0689. The van der Waals surface area contributed by atoms with Crippen molar-refractivity contribution >= 4 is 5.91 Å². The van der Waals surface area contributed by atoms with Crippen LogP contribution in [0.2, 0.25) is 0 Å². The van der Waals surface area contributed by atoms with E-state index in [1.807, 2.05) is 41.8 Å². The van der Waals surface area contributed by atoms with Gasteiger partial charge in [0.1, 0.15) is 0 Å². The Morgan fingerprint density at radius 2 is 1.90 bits per heavy atom. The van der Waals surface area contributed by atoms with Crippen molar-refractivity contribution in [1.29, 1.82) is 0 Å². The molecule has 1 aromatic carbocycles. The summed E-state index contributed by atoms with van der Waals surface area (Å²) < 4.78 is 7.15. The molecule has 2 aromatic heterocycles. The normalized spacial score (nSPS) is 15.1. The van der Waals surface area contributed by atoms with Crippen LogP contribution < -0.4 is 0 Å². The lowest BCUT2D eigenvalue weighted by Crippen LogP contribution is -2.39. The quantitative estimate of drug-likeness (QED) is 0.659. The molecule has 8 nitrogen and oxygen atoms in total. The Morgan fingerprint density at radius 3 is 2.59 bits per heavy atom. The van der Waals surface area contributed by atoms with E-state index in [2.05, 4.69) is 33.4 Å². The van der Waals surface area contributed by atoms with Crippen molar-refractivity contribution in [2.45, 2.75) is 52.5 Å². The van der Waals surface area contributed by atoms with Gasteiger partial charge in [-0.15, -0.1) is 5.10 Å². The van der Waals surface area contributed by atoms with E-state index in [1.165, 1.54) is 0 Å². The van der Waals surface area contributed by atoms with Gasteiger partial charge in [-0.3, -0.25) is 4.79 Å². The maximum absolute atomic E-state index is 12.9. The first-order valence-electron chi connectivity index (χ1n) is 10.2. The molecular formula is C21H26N6O2. The van der Waals surface area contributed by atoms with Crippen LogP contribution in [0.5, 0.6) is 0 Å². The predicted molar refractivity (Wildman–Crippen MR) is 107 cm³/mol. The summed E-state index contributed by atoms with van der Waals surface area (Å²) in [4.78, 5) is 19.1. The van der Waals surface area contributed by atoms with Gasteiger partial charge in [-0.1, -0.05) is 34.5 Å². The Kier molecular flexibility index (Phi) is 5.42. The third-order valence-electron chi connectivity index (χ3n) is 5.27. The van der Waals surface area contributed by atoms with Gasteiger partial charge in [0.05, 0.1) is 12.2 Å². The Balaban J connectivity index is 1.39. The summed E-state index contributed by atoms with van der Waals surface area (Å²) in [5.41, 5.74) is 3.58. The average molecular weight is 394 g/mol. The van der Waals surface area contributed by atoms with E-state index in [0.29, 0.717) is 30.5 Å². The molecule has 0 N–H and O–H groups in total. The fourth-order valence-corrected chi connectivity index (χ4v) is 3.85. The van der Waals surface area contributed by atoms with E-state index in [4.69, 9.17) is 4.52 Å². The SMILES string of the molecule is CCCc1noc(-c2cn(C3CCN(C(=O)c4cc(C)cc(C)c4)CC3)nn2)n1. The van der Waals surface area contributed by atoms with Crippen molar-refractivity contribution in [2.75, 3.05) is 13.1 Å². The fraction of sp³-hybridized carbons (Fsp3) is 0.476. The summed E-state index contributed by atoms with van der Waals surface area (Å²) >= 11 is 0. The maximum Gasteiger partial charge on any atom is 0.280 e. The van der Waals surface area contributed by atoms with Gasteiger partial charge in [0.2, 0.25) is 0 Å². The number of carbonyl (C=O) groups is 1. The second-order valence-electron chi connectivity index (χ2n) is 7.75. The van der Waals surface area contributed by atoms with Gasteiger partial charge in [0, 0.05) is 25.1 Å². The standard InChI is InChI=1S/C21H26N6O2/c1-4-5-19-22-20(29-24-19)18-13-27(25-23-18)17-6-8-26(9-7-17)21(28)16-11-14(2)10-15(3)12-16/h10-13,17H,4-9H2,1-3H3. The van der Waals surface area contributed by atoms with Crippen LogP contribution >= 0.6 is 0 Å². The molecule has 0 radical (unpaired) electrons. The zero-order chi connectivity index (χ0) is 20.4. The van der Waals surface area contributed by atoms with Crippen LogP contribution in [-0.2, 0) is 6.42 Å². The van der Waals surface area contributed by atoms with E-state index >= 15 is 0 Å². The second kappa shape index (κ2) is 8.14. The second-order valence-corrected chi connectivity index (χ2v) is 7.75. The molecule has 1 aliphatic heterocycles. The smallest absolute Gasteiger partial charge is 0.280 e. The number of carbonyl (C=O) groups excluding carboxylic acids is 1. The van der Waals surface area contributed by atoms with E-state index < -0.39 is 0 Å². The zero-order valence-electron chi connectivity index (χ0n) is 17.1. The van der Waals surface area contributed by atoms with Gasteiger partial charge in [-0.2, -0.15) is 4.98 Å². The van der Waals surface area contributed by atoms with Gasteiger partial charge in [0.25, 0.3) is 11.8 Å². The molecule has 1 fully saturated rings. The van der Waals surface area contributed by atoms with Crippen molar-refractivity contribution in [3.63, 3.8) is 0 Å². The van der Waals surface area contributed by atoms with E-state index in [0.717, 1.165) is 42.4 Å². The summed E-state index contributed by atoms with van der Waals surface area (Å²) in [6.07, 6.45) is 5.28. The summed E-state index contributed by atoms with van der Waals surface area (Å²) in [6.45, 7) is 7.52. The van der Waals surface area contributed by atoms with E-state index in [9.17, 15) is 4.79 Å². The first-order valence-corrected chi connectivity index (χ1v) is 10.2. The summed E-state index contributed by atoms with van der Waals surface area (Å²) in [5.74, 6) is 1.20. The molecule has 0 unspecified atom stereocenters. The molecule has 1 saturated heterocycles. The number of rotatable bonds is 5. The van der Waals surface area contributed by atoms with E-state index in [1.54, 1.807) is 0 Å². The Bertz CT molecular complexity index is 980. The molecule has 0 atom stereocenters. The number of aromatic nitrogens is 5. The summed E-state index contributed by atoms with van der Waals surface area (Å²) in [5, 5.41) is 12.4. The van der Waals surface area contributed by atoms with Crippen LogP contribution in [0.3, 0.4) is 0 Å². The topological polar surface area (TPSA) is 89.9 Å².